The molecule has 1 rings (SSSR count). The van der Waals surface area contributed by atoms with Crippen molar-refractivity contribution in [3.8, 4) is 0 Å². The largest absolute Gasteiger partial charge is 0.384 e. The Kier molecular flexibility index (Phi) is 1.62. The van der Waals surface area contributed by atoms with Gasteiger partial charge in [0.05, 0.1) is 0 Å². The average Bonchev–Trinajstić information content (AvgIpc) is 1.94. The third-order valence-corrected chi connectivity index (χ3v) is 1.01. The Labute approximate surface area is 56.7 Å². The molecule has 0 amide bonds. The number of rotatable bonds is 1. The Balaban J connectivity index is 3.21. The number of nitrogens with zero attached hydrogens (tertiary/aromatic N) is 1. The zero-order chi connectivity index (χ0) is 7.56. The maximum Gasteiger partial charge on any atom is 0.171 e. The van der Waals surface area contributed by atoms with E-state index in [-0.39, 0.29) is 11.5 Å². The maximum atomic E-state index is 12.4. The maximum absolute atomic E-state index is 12.4. The molecule has 0 unspecified atom stereocenters. The van der Waals surface area contributed by atoms with Gasteiger partial charge in [0.1, 0.15) is 11.5 Å². The van der Waals surface area contributed by atoms with E-state index < -0.39 is 5.82 Å². The zero-order valence-electron chi connectivity index (χ0n) is 5.04. The first-order valence-corrected chi connectivity index (χ1v) is 2.61. The Morgan fingerprint density at radius 2 is 2.30 bits per heavy atom. The fourth-order valence-corrected chi connectivity index (χ4v) is 0.556. The number of nitrogens with two attached hydrogens (primary N) is 1. The van der Waals surface area contributed by atoms with Crippen LogP contribution in [0.4, 0.5) is 10.2 Å². The summed E-state index contributed by atoms with van der Waals surface area (Å²) in [4.78, 5) is 13.4. The minimum atomic E-state index is -0.649. The van der Waals surface area contributed by atoms with Gasteiger partial charge < -0.3 is 5.73 Å². The summed E-state index contributed by atoms with van der Waals surface area (Å²) in [6, 6.07) is 2.40. The summed E-state index contributed by atoms with van der Waals surface area (Å²) in [5.41, 5.74) is 4.92. The quantitative estimate of drug-likeness (QED) is 0.581. The highest BCUT2D eigenvalue weighted by molar-refractivity contribution is 5.72. The lowest BCUT2D eigenvalue weighted by Crippen LogP contribution is -1.97. The number of hydrogen-bond donors (Lipinski definition) is 1. The summed E-state index contributed by atoms with van der Waals surface area (Å²) in [5, 5.41) is 0. The second-order valence-corrected chi connectivity index (χ2v) is 1.72. The molecule has 1 heterocycles. The van der Waals surface area contributed by atoms with Gasteiger partial charge in [-0.05, 0) is 12.1 Å². The molecule has 0 radical (unpaired) electrons. The van der Waals surface area contributed by atoms with Crippen molar-refractivity contribution in [2.45, 2.75) is 0 Å². The van der Waals surface area contributed by atoms with Crippen LogP contribution < -0.4 is 5.73 Å². The number of carbonyl (C=O) groups excluding carboxylic acids is 1. The highest BCUT2D eigenvalue weighted by atomic mass is 19.1. The van der Waals surface area contributed by atoms with Gasteiger partial charge in [0.25, 0.3) is 0 Å². The van der Waals surface area contributed by atoms with Crippen molar-refractivity contribution in [2.24, 2.45) is 0 Å². The van der Waals surface area contributed by atoms with Gasteiger partial charge >= 0.3 is 0 Å². The summed E-state index contributed by atoms with van der Waals surface area (Å²) >= 11 is 0. The van der Waals surface area contributed by atoms with Crippen LogP contribution in [0.5, 0.6) is 0 Å². The topological polar surface area (TPSA) is 56.0 Å². The van der Waals surface area contributed by atoms with Gasteiger partial charge in [-0.15, -0.1) is 0 Å². The summed E-state index contributed by atoms with van der Waals surface area (Å²) in [6.45, 7) is 0. The first-order chi connectivity index (χ1) is 4.74. The monoisotopic (exact) mass is 140 g/mol. The highest BCUT2D eigenvalue weighted by Gasteiger charge is 2.00. The molecule has 52 valence electrons. The average molecular weight is 140 g/mol. The van der Waals surface area contributed by atoms with Crippen molar-refractivity contribution in [3.05, 3.63) is 23.6 Å². The van der Waals surface area contributed by atoms with Crippen LogP contribution in [0.3, 0.4) is 0 Å². The zero-order valence-corrected chi connectivity index (χ0v) is 5.04. The number of anilines is 1. The second-order valence-electron chi connectivity index (χ2n) is 1.72. The highest BCUT2D eigenvalue weighted by Crippen LogP contribution is 2.03. The molecular weight excluding hydrogens is 135 g/mol. The third kappa shape index (κ3) is 1.10. The molecule has 0 spiro atoms. The van der Waals surface area contributed by atoms with Crippen LogP contribution in [0.2, 0.25) is 0 Å². The van der Waals surface area contributed by atoms with Crippen LogP contribution in [-0.4, -0.2) is 11.3 Å². The normalized spacial score (nSPS) is 9.30. The minimum Gasteiger partial charge on any atom is -0.384 e. The molecule has 3 nitrogen and oxygen atoms in total. The van der Waals surface area contributed by atoms with Gasteiger partial charge in [0.2, 0.25) is 0 Å². The number of carbonyl (C=O) groups is 1. The summed E-state index contributed by atoms with van der Waals surface area (Å²) in [5.74, 6) is -0.507. The summed E-state index contributed by atoms with van der Waals surface area (Å²) in [6.07, 6.45) is 0.325. The fourth-order valence-electron chi connectivity index (χ4n) is 0.556. The predicted molar refractivity (Wildman–Crippen MR) is 34.0 cm³/mol. The second kappa shape index (κ2) is 2.43. The molecule has 0 saturated carbocycles. The van der Waals surface area contributed by atoms with Crippen molar-refractivity contribution in [1.82, 2.24) is 4.98 Å². The van der Waals surface area contributed by atoms with E-state index in [1.807, 2.05) is 0 Å². The van der Waals surface area contributed by atoms with E-state index in [4.69, 9.17) is 5.73 Å². The van der Waals surface area contributed by atoms with E-state index in [2.05, 4.69) is 4.98 Å². The van der Waals surface area contributed by atoms with Gasteiger partial charge in [0.15, 0.2) is 12.1 Å². The van der Waals surface area contributed by atoms with E-state index in [9.17, 15) is 9.18 Å². The van der Waals surface area contributed by atoms with Crippen LogP contribution in [0.25, 0.3) is 0 Å². The first-order valence-electron chi connectivity index (χ1n) is 2.61. The summed E-state index contributed by atoms with van der Waals surface area (Å²) in [7, 11) is 0. The molecule has 0 aliphatic heterocycles. The number of pyridine rings is 1. The minimum absolute atomic E-state index is 0.142. The van der Waals surface area contributed by atoms with Crippen molar-refractivity contribution in [2.75, 3.05) is 5.73 Å². The lowest BCUT2D eigenvalue weighted by atomic mass is 10.3. The molecule has 0 aliphatic carbocycles. The molecule has 1 aromatic heterocycles. The molecular formula is C6H5FN2O. The molecule has 0 saturated heterocycles. The van der Waals surface area contributed by atoms with Crippen LogP contribution in [0, 0.1) is 5.82 Å². The molecule has 0 bridgehead atoms. The Morgan fingerprint density at radius 1 is 1.60 bits per heavy atom. The van der Waals surface area contributed by atoms with E-state index in [1.165, 1.54) is 6.07 Å². The van der Waals surface area contributed by atoms with Gasteiger partial charge in [-0.3, -0.25) is 4.79 Å². The van der Waals surface area contributed by atoms with Gasteiger partial charge in [-0.1, -0.05) is 0 Å². The number of aldehydes is 1. The standard InChI is InChI=1S/C6H5FN2O/c7-4-1-2-6(8)9-5(4)3-10/h1-3H,(H2,8,9). The van der Waals surface area contributed by atoms with Crippen LogP contribution >= 0.6 is 0 Å². The van der Waals surface area contributed by atoms with Crippen molar-refractivity contribution in [3.63, 3.8) is 0 Å². The predicted octanol–water partition coefficient (Wildman–Crippen LogP) is 0.615. The molecule has 10 heavy (non-hydrogen) atoms. The van der Waals surface area contributed by atoms with Crippen molar-refractivity contribution >= 4 is 12.1 Å². The van der Waals surface area contributed by atoms with E-state index in [0.29, 0.717) is 6.29 Å². The van der Waals surface area contributed by atoms with E-state index in [0.717, 1.165) is 6.07 Å². The number of hydrogen-bond acceptors (Lipinski definition) is 3. The third-order valence-electron chi connectivity index (χ3n) is 1.01. The van der Waals surface area contributed by atoms with Gasteiger partial charge in [-0.25, -0.2) is 9.37 Å². The van der Waals surface area contributed by atoms with Crippen LogP contribution in [-0.2, 0) is 0 Å². The van der Waals surface area contributed by atoms with Crippen molar-refractivity contribution in [1.29, 1.82) is 0 Å². The molecule has 0 fully saturated rings. The molecule has 0 aromatic carbocycles. The first kappa shape index (κ1) is 6.67. The van der Waals surface area contributed by atoms with Crippen molar-refractivity contribution < 1.29 is 9.18 Å². The number of aromatic nitrogens is 1. The lowest BCUT2D eigenvalue weighted by molar-refractivity contribution is 0.111. The number of nitrogen functional groups attached to an aromatic ring is 1. The summed E-state index contributed by atoms with van der Waals surface area (Å²) < 4.78 is 12.4. The van der Waals surface area contributed by atoms with E-state index >= 15 is 0 Å². The molecule has 1 aromatic rings. The Morgan fingerprint density at radius 3 is 2.80 bits per heavy atom. The van der Waals surface area contributed by atoms with Crippen LogP contribution in [0.1, 0.15) is 10.5 Å². The molecule has 2 N–H and O–H groups in total. The van der Waals surface area contributed by atoms with Gasteiger partial charge in [-0.2, -0.15) is 0 Å². The van der Waals surface area contributed by atoms with Gasteiger partial charge in [0, 0.05) is 0 Å². The van der Waals surface area contributed by atoms with Crippen LogP contribution in [0.15, 0.2) is 12.1 Å². The smallest absolute Gasteiger partial charge is 0.171 e. The molecule has 4 heteroatoms. The Bertz CT molecular complexity index is 262. The Hall–Kier alpha value is -1.45. The fraction of sp³-hybridized carbons (Fsp3) is 0. The molecule has 0 atom stereocenters. The van der Waals surface area contributed by atoms with E-state index in [1.54, 1.807) is 0 Å². The number of halogens is 1. The lowest BCUT2D eigenvalue weighted by Gasteiger charge is -1.93. The SMILES string of the molecule is Nc1ccc(F)c(C=O)n1. The molecule has 0 aliphatic rings.